The number of hydrogen-bond donors (Lipinski definition) is 3. The second-order valence-electron chi connectivity index (χ2n) is 3.84. The average molecular weight is 269 g/mol. The fourth-order valence-corrected chi connectivity index (χ4v) is 2.00. The third-order valence-electron chi connectivity index (χ3n) is 2.45. The molecule has 0 saturated heterocycles. The number of nitrogens with two attached hydrogens (primary N) is 1. The van der Waals surface area contributed by atoms with E-state index in [0.29, 0.717) is 11.3 Å². The zero-order chi connectivity index (χ0) is 13.3. The molecule has 4 N–H and O–H groups in total. The SMILES string of the molecule is NS(=O)(=O)CCNc1ccc2c(c1)C(=O)NC2=O. The summed E-state index contributed by atoms with van der Waals surface area (Å²) >= 11 is 0. The van der Waals surface area contributed by atoms with Crippen molar-refractivity contribution in [3.8, 4) is 0 Å². The standard InChI is InChI=1S/C10H11N3O4S/c11-18(16,17)4-3-12-6-1-2-7-8(5-6)10(15)13-9(7)14/h1-2,5,12H,3-4H2,(H2,11,16,17)(H,13,14,15). The number of carbonyl (C=O) groups is 2. The molecule has 96 valence electrons. The first-order valence-electron chi connectivity index (χ1n) is 5.11. The highest BCUT2D eigenvalue weighted by Gasteiger charge is 2.26. The van der Waals surface area contributed by atoms with Crippen LogP contribution >= 0.6 is 0 Å². The Morgan fingerprint density at radius 1 is 1.17 bits per heavy atom. The maximum absolute atomic E-state index is 11.4. The second kappa shape index (κ2) is 4.39. The molecule has 1 aliphatic rings. The van der Waals surface area contributed by atoms with E-state index in [1.807, 2.05) is 0 Å². The van der Waals surface area contributed by atoms with Gasteiger partial charge in [0, 0.05) is 12.2 Å². The molecule has 1 aliphatic heterocycles. The van der Waals surface area contributed by atoms with E-state index >= 15 is 0 Å². The third kappa shape index (κ3) is 2.66. The van der Waals surface area contributed by atoms with Gasteiger partial charge < -0.3 is 5.32 Å². The van der Waals surface area contributed by atoms with Crippen molar-refractivity contribution >= 4 is 27.5 Å². The summed E-state index contributed by atoms with van der Waals surface area (Å²) in [6, 6.07) is 4.60. The average Bonchev–Trinajstić information content (AvgIpc) is 2.53. The molecule has 0 atom stereocenters. The number of fused-ring (bicyclic) bond motifs is 1. The van der Waals surface area contributed by atoms with Gasteiger partial charge in [-0.05, 0) is 18.2 Å². The highest BCUT2D eigenvalue weighted by atomic mass is 32.2. The van der Waals surface area contributed by atoms with Crippen LogP contribution in [0.3, 0.4) is 0 Å². The Morgan fingerprint density at radius 3 is 2.50 bits per heavy atom. The highest BCUT2D eigenvalue weighted by Crippen LogP contribution is 2.19. The lowest BCUT2D eigenvalue weighted by molar-refractivity contribution is 0.0879. The third-order valence-corrected chi connectivity index (χ3v) is 3.22. The Bertz CT molecular complexity index is 624. The normalized spacial score (nSPS) is 14.3. The van der Waals surface area contributed by atoms with E-state index in [2.05, 4.69) is 10.6 Å². The molecule has 0 fully saturated rings. The van der Waals surface area contributed by atoms with Gasteiger partial charge in [0.15, 0.2) is 0 Å². The van der Waals surface area contributed by atoms with Crippen molar-refractivity contribution in [1.82, 2.24) is 5.32 Å². The molecule has 0 spiro atoms. The van der Waals surface area contributed by atoms with Crippen LogP contribution < -0.4 is 15.8 Å². The van der Waals surface area contributed by atoms with Crippen molar-refractivity contribution in [3.63, 3.8) is 0 Å². The smallest absolute Gasteiger partial charge is 0.259 e. The monoisotopic (exact) mass is 269 g/mol. The van der Waals surface area contributed by atoms with E-state index in [0.717, 1.165) is 0 Å². The minimum Gasteiger partial charge on any atom is -0.384 e. The van der Waals surface area contributed by atoms with Crippen molar-refractivity contribution in [1.29, 1.82) is 0 Å². The van der Waals surface area contributed by atoms with E-state index in [1.54, 1.807) is 6.07 Å². The molecule has 2 amide bonds. The van der Waals surface area contributed by atoms with Gasteiger partial charge in [-0.25, -0.2) is 13.6 Å². The Hall–Kier alpha value is -1.93. The molecule has 0 aliphatic carbocycles. The van der Waals surface area contributed by atoms with Crippen molar-refractivity contribution < 1.29 is 18.0 Å². The number of carbonyl (C=O) groups excluding carboxylic acids is 2. The van der Waals surface area contributed by atoms with Gasteiger partial charge in [0.2, 0.25) is 10.0 Å². The van der Waals surface area contributed by atoms with Crippen LogP contribution in [0.4, 0.5) is 5.69 Å². The molecule has 18 heavy (non-hydrogen) atoms. The lowest BCUT2D eigenvalue weighted by Crippen LogP contribution is -2.22. The first-order valence-corrected chi connectivity index (χ1v) is 6.82. The lowest BCUT2D eigenvalue weighted by Gasteiger charge is -2.06. The molecular formula is C10H11N3O4S. The van der Waals surface area contributed by atoms with Crippen molar-refractivity contribution in [3.05, 3.63) is 29.3 Å². The van der Waals surface area contributed by atoms with Gasteiger partial charge >= 0.3 is 0 Å². The second-order valence-corrected chi connectivity index (χ2v) is 5.57. The Labute approximate surface area is 103 Å². The highest BCUT2D eigenvalue weighted by molar-refractivity contribution is 7.89. The summed E-state index contributed by atoms with van der Waals surface area (Å²) < 4.78 is 21.5. The summed E-state index contributed by atoms with van der Waals surface area (Å²) in [4.78, 5) is 22.7. The van der Waals surface area contributed by atoms with Gasteiger partial charge in [-0.3, -0.25) is 14.9 Å². The van der Waals surface area contributed by atoms with Crippen LogP contribution in [-0.4, -0.2) is 32.5 Å². The minimum absolute atomic E-state index is 0.132. The molecule has 0 saturated carbocycles. The van der Waals surface area contributed by atoms with Gasteiger partial charge in [-0.2, -0.15) is 0 Å². The quantitative estimate of drug-likeness (QED) is 0.623. The number of anilines is 1. The summed E-state index contributed by atoms with van der Waals surface area (Å²) in [5, 5.41) is 9.84. The lowest BCUT2D eigenvalue weighted by atomic mass is 10.1. The van der Waals surface area contributed by atoms with E-state index in [4.69, 9.17) is 5.14 Å². The van der Waals surface area contributed by atoms with E-state index < -0.39 is 21.8 Å². The van der Waals surface area contributed by atoms with Crippen LogP contribution in [0.5, 0.6) is 0 Å². The molecule has 2 rings (SSSR count). The van der Waals surface area contributed by atoms with Crippen molar-refractivity contribution in [2.45, 2.75) is 0 Å². The van der Waals surface area contributed by atoms with Gasteiger partial charge in [-0.1, -0.05) is 0 Å². The molecule has 0 unspecified atom stereocenters. The number of rotatable bonds is 4. The van der Waals surface area contributed by atoms with Gasteiger partial charge in [0.1, 0.15) is 0 Å². The number of hydrogen-bond acceptors (Lipinski definition) is 5. The minimum atomic E-state index is -3.52. The van der Waals surface area contributed by atoms with E-state index in [1.165, 1.54) is 12.1 Å². The number of nitrogens with one attached hydrogen (secondary N) is 2. The molecule has 1 heterocycles. The predicted molar refractivity (Wildman–Crippen MR) is 64.7 cm³/mol. The van der Waals surface area contributed by atoms with Crippen LogP contribution in [0, 0.1) is 0 Å². The molecule has 1 aromatic carbocycles. The van der Waals surface area contributed by atoms with Crippen LogP contribution in [0.25, 0.3) is 0 Å². The van der Waals surface area contributed by atoms with Crippen LogP contribution in [0.15, 0.2) is 18.2 Å². The van der Waals surface area contributed by atoms with Gasteiger partial charge in [-0.15, -0.1) is 0 Å². The summed E-state index contributed by atoms with van der Waals surface area (Å²) in [6.07, 6.45) is 0. The molecule has 0 radical (unpaired) electrons. The first-order chi connectivity index (χ1) is 8.37. The summed E-state index contributed by atoms with van der Waals surface area (Å²) in [6.45, 7) is 0.132. The zero-order valence-electron chi connectivity index (χ0n) is 9.26. The summed E-state index contributed by atoms with van der Waals surface area (Å²) in [5.74, 6) is -1.09. The number of amides is 2. The van der Waals surface area contributed by atoms with Gasteiger partial charge in [0.25, 0.3) is 11.8 Å². The maximum Gasteiger partial charge on any atom is 0.259 e. The number of benzene rings is 1. The van der Waals surface area contributed by atoms with Crippen LogP contribution in [-0.2, 0) is 10.0 Å². The molecule has 0 aromatic heterocycles. The fraction of sp³-hybridized carbons (Fsp3) is 0.200. The molecular weight excluding hydrogens is 258 g/mol. The number of imide groups is 1. The van der Waals surface area contributed by atoms with Crippen molar-refractivity contribution in [2.75, 3.05) is 17.6 Å². The Balaban J connectivity index is 2.11. The topological polar surface area (TPSA) is 118 Å². The first kappa shape index (κ1) is 12.5. The summed E-state index contributed by atoms with van der Waals surface area (Å²) in [5.41, 5.74) is 1.15. The molecule has 1 aromatic rings. The Kier molecular flexibility index (Phi) is 3.05. The number of primary sulfonamides is 1. The van der Waals surface area contributed by atoms with E-state index in [-0.39, 0.29) is 17.9 Å². The number of sulfonamides is 1. The van der Waals surface area contributed by atoms with Crippen LogP contribution in [0.1, 0.15) is 20.7 Å². The maximum atomic E-state index is 11.4. The van der Waals surface area contributed by atoms with E-state index in [9.17, 15) is 18.0 Å². The predicted octanol–water partition coefficient (Wildman–Crippen LogP) is -0.729. The largest absolute Gasteiger partial charge is 0.384 e. The molecule has 7 nitrogen and oxygen atoms in total. The van der Waals surface area contributed by atoms with Gasteiger partial charge in [0.05, 0.1) is 16.9 Å². The zero-order valence-corrected chi connectivity index (χ0v) is 10.1. The summed E-state index contributed by atoms with van der Waals surface area (Å²) in [7, 11) is -3.52. The molecule has 0 bridgehead atoms. The fourth-order valence-electron chi connectivity index (χ4n) is 1.62. The Morgan fingerprint density at radius 2 is 1.83 bits per heavy atom. The van der Waals surface area contributed by atoms with Crippen molar-refractivity contribution in [2.24, 2.45) is 5.14 Å². The molecule has 8 heteroatoms. The van der Waals surface area contributed by atoms with Crippen LogP contribution in [0.2, 0.25) is 0 Å².